The van der Waals surface area contributed by atoms with Gasteiger partial charge in [0.2, 0.25) is 18.6 Å². The number of nitrogen functional groups attached to an aromatic ring is 1. The quantitative estimate of drug-likeness (QED) is 0.810. The largest absolute Gasteiger partial charge is 0.454 e. The molecule has 0 aliphatic carbocycles. The average molecular weight is 367 g/mol. The molecule has 1 unspecified atom stereocenters. The molecule has 2 heterocycles. The number of carbonyl (C=O) groups excluding carboxylic acids is 2. The Kier molecular flexibility index (Phi) is 4.35. The summed E-state index contributed by atoms with van der Waals surface area (Å²) in [6.45, 7) is 2.56. The molecular formula is C20H21N3O4. The molecule has 2 aliphatic heterocycles. The van der Waals surface area contributed by atoms with E-state index >= 15 is 0 Å². The van der Waals surface area contributed by atoms with Crippen LogP contribution in [0.3, 0.4) is 0 Å². The number of benzene rings is 2. The van der Waals surface area contributed by atoms with E-state index in [2.05, 4.69) is 12.2 Å². The molecule has 1 atom stereocenters. The number of nitrogens with zero attached hydrogens (tertiary/aromatic N) is 1. The molecule has 7 heteroatoms. The molecular weight excluding hydrogens is 346 g/mol. The van der Waals surface area contributed by atoms with E-state index in [1.54, 1.807) is 17.0 Å². The Morgan fingerprint density at radius 2 is 1.93 bits per heavy atom. The van der Waals surface area contributed by atoms with Crippen molar-refractivity contribution in [3.63, 3.8) is 0 Å². The van der Waals surface area contributed by atoms with Gasteiger partial charge in [-0.2, -0.15) is 0 Å². The third-order valence-electron chi connectivity index (χ3n) is 4.95. The highest BCUT2D eigenvalue weighted by atomic mass is 16.7. The first-order valence-corrected chi connectivity index (χ1v) is 8.94. The van der Waals surface area contributed by atoms with E-state index in [9.17, 15) is 9.59 Å². The van der Waals surface area contributed by atoms with Crippen LogP contribution in [0.2, 0.25) is 0 Å². The number of hydrogen-bond donors (Lipinski definition) is 2. The first-order chi connectivity index (χ1) is 13.0. The van der Waals surface area contributed by atoms with Gasteiger partial charge < -0.3 is 25.4 Å². The van der Waals surface area contributed by atoms with E-state index in [1.165, 1.54) is 5.56 Å². The molecule has 0 bridgehead atoms. The Labute approximate surface area is 157 Å². The Balaban J connectivity index is 1.46. The number of ether oxygens (including phenoxy) is 2. The molecule has 0 saturated carbocycles. The second-order valence-electron chi connectivity index (χ2n) is 6.71. The van der Waals surface area contributed by atoms with Crippen LogP contribution < -0.4 is 25.4 Å². The normalized spacial score (nSPS) is 18.0. The number of carbonyl (C=O) groups is 2. The zero-order valence-electron chi connectivity index (χ0n) is 15.0. The molecule has 0 aromatic heterocycles. The molecule has 27 heavy (non-hydrogen) atoms. The highest BCUT2D eigenvalue weighted by Gasteiger charge is 2.35. The molecule has 1 saturated heterocycles. The van der Waals surface area contributed by atoms with Crippen LogP contribution in [0.25, 0.3) is 0 Å². The highest BCUT2D eigenvalue weighted by Crippen LogP contribution is 2.38. The molecule has 0 spiro atoms. The predicted molar refractivity (Wildman–Crippen MR) is 102 cm³/mol. The number of amides is 2. The zero-order chi connectivity index (χ0) is 19.0. The summed E-state index contributed by atoms with van der Waals surface area (Å²) in [4.78, 5) is 26.7. The van der Waals surface area contributed by atoms with Crippen LogP contribution in [0.15, 0.2) is 36.4 Å². The van der Waals surface area contributed by atoms with Gasteiger partial charge in [0.05, 0.1) is 17.3 Å². The van der Waals surface area contributed by atoms with Crippen molar-refractivity contribution in [1.29, 1.82) is 0 Å². The smallest absolute Gasteiger partial charge is 0.231 e. The summed E-state index contributed by atoms with van der Waals surface area (Å²) < 4.78 is 10.6. The van der Waals surface area contributed by atoms with Crippen molar-refractivity contribution in [3.8, 4) is 11.5 Å². The van der Waals surface area contributed by atoms with Gasteiger partial charge in [-0.15, -0.1) is 0 Å². The van der Waals surface area contributed by atoms with E-state index in [0.29, 0.717) is 29.4 Å². The molecule has 2 aromatic rings. The lowest BCUT2D eigenvalue weighted by Gasteiger charge is -2.17. The molecule has 4 rings (SSSR count). The number of aryl methyl sites for hydroxylation is 1. The number of nitrogens with two attached hydrogens (primary N) is 1. The minimum Gasteiger partial charge on any atom is -0.454 e. The number of anilines is 3. The van der Waals surface area contributed by atoms with Gasteiger partial charge in [-0.05, 0) is 24.1 Å². The SMILES string of the molecule is CCc1ccc(N2CC(C(=O)Nc3cc4c(cc3N)OCO4)CC2=O)cc1. The predicted octanol–water partition coefficient (Wildman–Crippen LogP) is 2.55. The molecule has 0 radical (unpaired) electrons. The van der Waals surface area contributed by atoms with Crippen LogP contribution in [-0.2, 0) is 16.0 Å². The summed E-state index contributed by atoms with van der Waals surface area (Å²) in [7, 11) is 0. The average Bonchev–Trinajstić information content (AvgIpc) is 3.28. The third-order valence-corrected chi connectivity index (χ3v) is 4.95. The lowest BCUT2D eigenvalue weighted by atomic mass is 10.1. The molecule has 2 aliphatic rings. The van der Waals surface area contributed by atoms with Gasteiger partial charge in [0.1, 0.15) is 0 Å². The van der Waals surface area contributed by atoms with Gasteiger partial charge in [0, 0.05) is 30.8 Å². The van der Waals surface area contributed by atoms with Crippen LogP contribution in [0.1, 0.15) is 18.9 Å². The Hall–Kier alpha value is -3.22. The van der Waals surface area contributed by atoms with Crippen LogP contribution in [0.4, 0.5) is 17.1 Å². The monoisotopic (exact) mass is 367 g/mol. The van der Waals surface area contributed by atoms with Crippen molar-refractivity contribution < 1.29 is 19.1 Å². The number of rotatable bonds is 4. The second kappa shape index (κ2) is 6.83. The van der Waals surface area contributed by atoms with Crippen molar-refractivity contribution in [3.05, 3.63) is 42.0 Å². The molecule has 2 aromatic carbocycles. The van der Waals surface area contributed by atoms with Crippen LogP contribution >= 0.6 is 0 Å². The Morgan fingerprint density at radius 3 is 2.63 bits per heavy atom. The first-order valence-electron chi connectivity index (χ1n) is 8.94. The maximum Gasteiger partial charge on any atom is 0.231 e. The molecule has 140 valence electrons. The second-order valence-corrected chi connectivity index (χ2v) is 6.71. The number of nitrogens with one attached hydrogen (secondary N) is 1. The van der Waals surface area contributed by atoms with Gasteiger partial charge in [-0.1, -0.05) is 19.1 Å². The summed E-state index contributed by atoms with van der Waals surface area (Å²) in [5.74, 6) is 0.371. The first kappa shape index (κ1) is 17.2. The minimum atomic E-state index is -0.437. The molecule has 2 amide bonds. The third kappa shape index (κ3) is 3.28. The van der Waals surface area contributed by atoms with E-state index in [0.717, 1.165) is 12.1 Å². The van der Waals surface area contributed by atoms with Crippen LogP contribution in [-0.4, -0.2) is 25.2 Å². The number of fused-ring (bicyclic) bond motifs is 1. The molecule has 1 fully saturated rings. The van der Waals surface area contributed by atoms with Gasteiger partial charge >= 0.3 is 0 Å². The van der Waals surface area contributed by atoms with E-state index in [4.69, 9.17) is 15.2 Å². The Bertz CT molecular complexity index is 895. The maximum atomic E-state index is 12.7. The summed E-state index contributed by atoms with van der Waals surface area (Å²) in [6, 6.07) is 11.1. The summed E-state index contributed by atoms with van der Waals surface area (Å²) in [5.41, 5.74) is 8.86. The lowest BCUT2D eigenvalue weighted by molar-refractivity contribution is -0.122. The lowest BCUT2D eigenvalue weighted by Crippen LogP contribution is -2.28. The van der Waals surface area contributed by atoms with Crippen LogP contribution in [0, 0.1) is 5.92 Å². The maximum absolute atomic E-state index is 12.7. The van der Waals surface area contributed by atoms with Gasteiger partial charge in [-0.3, -0.25) is 9.59 Å². The highest BCUT2D eigenvalue weighted by molar-refractivity contribution is 6.04. The van der Waals surface area contributed by atoms with Gasteiger partial charge in [0.25, 0.3) is 0 Å². The summed E-state index contributed by atoms with van der Waals surface area (Å²) in [5, 5.41) is 2.81. The van der Waals surface area contributed by atoms with E-state index in [1.807, 2.05) is 24.3 Å². The van der Waals surface area contributed by atoms with Crippen molar-refractivity contribution in [2.24, 2.45) is 5.92 Å². The van der Waals surface area contributed by atoms with Gasteiger partial charge in [-0.25, -0.2) is 0 Å². The van der Waals surface area contributed by atoms with Crippen molar-refractivity contribution in [1.82, 2.24) is 0 Å². The Morgan fingerprint density at radius 1 is 1.22 bits per heavy atom. The summed E-state index contributed by atoms with van der Waals surface area (Å²) >= 11 is 0. The minimum absolute atomic E-state index is 0.0574. The van der Waals surface area contributed by atoms with Crippen molar-refractivity contribution >= 4 is 28.9 Å². The van der Waals surface area contributed by atoms with E-state index in [-0.39, 0.29) is 25.0 Å². The fourth-order valence-corrected chi connectivity index (χ4v) is 3.35. The van der Waals surface area contributed by atoms with Crippen molar-refractivity contribution in [2.75, 3.05) is 29.3 Å². The fourth-order valence-electron chi connectivity index (χ4n) is 3.35. The van der Waals surface area contributed by atoms with Crippen LogP contribution in [0.5, 0.6) is 11.5 Å². The molecule has 3 N–H and O–H groups in total. The van der Waals surface area contributed by atoms with Crippen molar-refractivity contribution in [2.45, 2.75) is 19.8 Å². The summed E-state index contributed by atoms with van der Waals surface area (Å²) in [6.07, 6.45) is 1.11. The van der Waals surface area contributed by atoms with E-state index < -0.39 is 5.92 Å². The number of hydrogen-bond acceptors (Lipinski definition) is 5. The topological polar surface area (TPSA) is 93.9 Å². The van der Waals surface area contributed by atoms with Gasteiger partial charge in [0.15, 0.2) is 11.5 Å². The standard InChI is InChI=1S/C20H21N3O4/c1-2-12-3-5-14(6-4-12)23-10-13(7-19(23)24)20(25)22-16-9-18-17(8-15(16)21)26-11-27-18/h3-6,8-9,13H,2,7,10-11,21H2,1H3,(H,22,25). The molecule has 7 nitrogen and oxygen atoms in total. The zero-order valence-corrected chi connectivity index (χ0v) is 15.0. The fraction of sp³-hybridized carbons (Fsp3) is 0.300.